The highest BCUT2D eigenvalue weighted by Gasteiger charge is 2.17. The van der Waals surface area contributed by atoms with E-state index in [1.165, 1.54) is 0 Å². The normalized spacial score (nSPS) is 15.0. The molecule has 0 bridgehead atoms. The molecule has 0 spiro atoms. The van der Waals surface area contributed by atoms with Crippen LogP contribution < -0.4 is 5.32 Å². The highest BCUT2D eigenvalue weighted by Crippen LogP contribution is 2.14. The van der Waals surface area contributed by atoms with Gasteiger partial charge in [0.25, 0.3) is 0 Å². The minimum absolute atomic E-state index is 0.141. The summed E-state index contributed by atoms with van der Waals surface area (Å²) in [6.45, 7) is 2.57. The monoisotopic (exact) mass is 288 g/mol. The third-order valence-electron chi connectivity index (χ3n) is 3.19. The van der Waals surface area contributed by atoms with E-state index in [0.29, 0.717) is 38.0 Å². The van der Waals surface area contributed by atoms with Gasteiger partial charge in [0.15, 0.2) is 0 Å². The largest absolute Gasteiger partial charge is 0.378 e. The van der Waals surface area contributed by atoms with Crippen LogP contribution in [-0.2, 0) is 11.3 Å². The summed E-state index contributed by atoms with van der Waals surface area (Å²) >= 11 is 0. The van der Waals surface area contributed by atoms with Crippen LogP contribution in [0.4, 0.5) is 4.79 Å². The summed E-state index contributed by atoms with van der Waals surface area (Å²) < 4.78 is 10.3. The van der Waals surface area contributed by atoms with Crippen molar-refractivity contribution in [3.8, 4) is 11.4 Å². The van der Waals surface area contributed by atoms with Gasteiger partial charge in [-0.05, 0) is 0 Å². The Balaban J connectivity index is 1.56. The number of aromatic nitrogens is 2. The van der Waals surface area contributed by atoms with Gasteiger partial charge in [-0.1, -0.05) is 35.5 Å². The number of carbonyl (C=O) groups excluding carboxylic acids is 1. The van der Waals surface area contributed by atoms with E-state index in [-0.39, 0.29) is 12.6 Å². The van der Waals surface area contributed by atoms with Crippen molar-refractivity contribution in [3.05, 3.63) is 36.2 Å². The van der Waals surface area contributed by atoms with E-state index in [9.17, 15) is 4.79 Å². The molecule has 7 nitrogen and oxygen atoms in total. The van der Waals surface area contributed by atoms with E-state index in [2.05, 4.69) is 15.5 Å². The maximum absolute atomic E-state index is 11.9. The molecule has 1 fully saturated rings. The zero-order valence-corrected chi connectivity index (χ0v) is 11.5. The van der Waals surface area contributed by atoms with Gasteiger partial charge in [0.1, 0.15) is 0 Å². The predicted molar refractivity (Wildman–Crippen MR) is 74.4 cm³/mol. The third-order valence-corrected chi connectivity index (χ3v) is 3.19. The van der Waals surface area contributed by atoms with Crippen LogP contribution >= 0.6 is 0 Å². The number of hydrogen-bond donors (Lipinski definition) is 1. The van der Waals surface area contributed by atoms with Crippen molar-refractivity contribution >= 4 is 6.03 Å². The molecule has 0 atom stereocenters. The van der Waals surface area contributed by atoms with Crippen molar-refractivity contribution < 1.29 is 14.1 Å². The van der Waals surface area contributed by atoms with Gasteiger partial charge in [-0.15, -0.1) is 0 Å². The van der Waals surface area contributed by atoms with Crippen molar-refractivity contribution in [2.24, 2.45) is 0 Å². The Hall–Kier alpha value is -2.41. The number of amides is 2. The average Bonchev–Trinajstić information content (AvgIpc) is 3.03. The number of carbonyl (C=O) groups is 1. The number of nitrogens with zero attached hydrogens (tertiary/aromatic N) is 3. The third kappa shape index (κ3) is 3.38. The van der Waals surface area contributed by atoms with Crippen molar-refractivity contribution in [1.82, 2.24) is 20.4 Å². The van der Waals surface area contributed by atoms with E-state index in [1.54, 1.807) is 4.90 Å². The summed E-state index contributed by atoms with van der Waals surface area (Å²) in [6.07, 6.45) is 0. The summed E-state index contributed by atoms with van der Waals surface area (Å²) in [4.78, 5) is 17.9. The molecule has 7 heteroatoms. The second-order valence-corrected chi connectivity index (χ2v) is 4.64. The molecule has 2 amide bonds. The molecule has 2 aromatic rings. The fraction of sp³-hybridized carbons (Fsp3) is 0.357. The molecule has 1 N–H and O–H groups in total. The Morgan fingerprint density at radius 1 is 1.24 bits per heavy atom. The first-order valence-electron chi connectivity index (χ1n) is 6.81. The van der Waals surface area contributed by atoms with E-state index in [4.69, 9.17) is 9.26 Å². The Bertz CT molecular complexity index is 593. The zero-order chi connectivity index (χ0) is 14.5. The first kappa shape index (κ1) is 13.6. The first-order valence-corrected chi connectivity index (χ1v) is 6.81. The Kier molecular flexibility index (Phi) is 4.11. The lowest BCUT2D eigenvalue weighted by molar-refractivity contribution is 0.0529. The summed E-state index contributed by atoms with van der Waals surface area (Å²) in [5.41, 5.74) is 0.881. The predicted octanol–water partition coefficient (Wildman–Crippen LogP) is 1.28. The van der Waals surface area contributed by atoms with Crippen molar-refractivity contribution in [2.45, 2.75) is 6.54 Å². The van der Waals surface area contributed by atoms with Gasteiger partial charge in [-0.3, -0.25) is 0 Å². The first-order chi connectivity index (χ1) is 10.3. The smallest absolute Gasteiger partial charge is 0.317 e. The Morgan fingerprint density at radius 3 is 2.76 bits per heavy atom. The molecule has 0 saturated carbocycles. The minimum atomic E-state index is -0.141. The molecule has 110 valence electrons. The van der Waals surface area contributed by atoms with Gasteiger partial charge in [0, 0.05) is 18.7 Å². The molecular weight excluding hydrogens is 272 g/mol. The number of benzene rings is 1. The number of morpholine rings is 1. The number of ether oxygens (including phenoxy) is 1. The fourth-order valence-corrected chi connectivity index (χ4v) is 2.06. The molecule has 1 aliphatic heterocycles. The maximum Gasteiger partial charge on any atom is 0.317 e. The zero-order valence-electron chi connectivity index (χ0n) is 11.5. The fourth-order valence-electron chi connectivity index (χ4n) is 2.06. The number of nitrogens with one attached hydrogen (secondary N) is 1. The van der Waals surface area contributed by atoms with Crippen LogP contribution in [0.5, 0.6) is 0 Å². The lowest BCUT2D eigenvalue weighted by atomic mass is 10.2. The van der Waals surface area contributed by atoms with Gasteiger partial charge >= 0.3 is 6.03 Å². The summed E-state index contributed by atoms with van der Waals surface area (Å²) in [7, 11) is 0. The maximum atomic E-state index is 11.9. The quantitative estimate of drug-likeness (QED) is 0.920. The second kappa shape index (κ2) is 6.36. The lowest BCUT2D eigenvalue weighted by Crippen LogP contribution is -2.45. The molecule has 1 saturated heterocycles. The van der Waals surface area contributed by atoms with E-state index in [0.717, 1.165) is 5.56 Å². The Labute approximate surface area is 121 Å². The summed E-state index contributed by atoms with van der Waals surface area (Å²) in [6, 6.07) is 9.41. The van der Waals surface area contributed by atoms with Crippen LogP contribution in [0.15, 0.2) is 34.9 Å². The van der Waals surface area contributed by atoms with Crippen molar-refractivity contribution in [1.29, 1.82) is 0 Å². The molecular formula is C14H16N4O3. The van der Waals surface area contributed by atoms with Crippen molar-refractivity contribution in [2.75, 3.05) is 26.3 Å². The SMILES string of the molecule is O=C(NCc1nc(-c2ccccc2)no1)N1CCOCC1. The Morgan fingerprint density at radius 2 is 2.00 bits per heavy atom. The molecule has 1 aromatic heterocycles. The summed E-state index contributed by atoms with van der Waals surface area (Å²) in [5.74, 6) is 0.904. The van der Waals surface area contributed by atoms with Gasteiger partial charge in [-0.2, -0.15) is 4.98 Å². The second-order valence-electron chi connectivity index (χ2n) is 4.64. The van der Waals surface area contributed by atoms with Gasteiger partial charge in [-0.25, -0.2) is 4.79 Å². The summed E-state index contributed by atoms with van der Waals surface area (Å²) in [5, 5.41) is 6.67. The highest BCUT2D eigenvalue weighted by atomic mass is 16.5. The average molecular weight is 288 g/mol. The minimum Gasteiger partial charge on any atom is -0.378 e. The van der Waals surface area contributed by atoms with Crippen LogP contribution in [0.25, 0.3) is 11.4 Å². The van der Waals surface area contributed by atoms with E-state index in [1.807, 2.05) is 30.3 Å². The highest BCUT2D eigenvalue weighted by molar-refractivity contribution is 5.74. The van der Waals surface area contributed by atoms with Crippen LogP contribution in [-0.4, -0.2) is 47.4 Å². The topological polar surface area (TPSA) is 80.5 Å². The molecule has 0 aliphatic carbocycles. The molecule has 1 aromatic carbocycles. The molecule has 2 heterocycles. The molecule has 0 unspecified atom stereocenters. The van der Waals surface area contributed by atoms with Gasteiger partial charge in [0.05, 0.1) is 19.8 Å². The van der Waals surface area contributed by atoms with Gasteiger partial charge in [0.2, 0.25) is 11.7 Å². The number of rotatable bonds is 3. The molecule has 0 radical (unpaired) electrons. The van der Waals surface area contributed by atoms with Crippen LogP contribution in [0.3, 0.4) is 0 Å². The van der Waals surface area contributed by atoms with Crippen LogP contribution in [0.2, 0.25) is 0 Å². The standard InChI is InChI=1S/C14H16N4O3/c19-14(18-6-8-20-9-7-18)15-10-12-16-13(17-21-12)11-4-2-1-3-5-11/h1-5H,6-10H2,(H,15,19). The molecule has 21 heavy (non-hydrogen) atoms. The van der Waals surface area contributed by atoms with Gasteiger partial charge < -0.3 is 19.5 Å². The lowest BCUT2D eigenvalue weighted by Gasteiger charge is -2.26. The van der Waals surface area contributed by atoms with E-state index >= 15 is 0 Å². The molecule has 3 rings (SSSR count). The number of hydrogen-bond acceptors (Lipinski definition) is 5. The van der Waals surface area contributed by atoms with Crippen molar-refractivity contribution in [3.63, 3.8) is 0 Å². The van der Waals surface area contributed by atoms with Crippen LogP contribution in [0, 0.1) is 0 Å². The number of urea groups is 1. The molecule has 1 aliphatic rings. The van der Waals surface area contributed by atoms with E-state index < -0.39 is 0 Å². The van der Waals surface area contributed by atoms with Crippen LogP contribution in [0.1, 0.15) is 5.89 Å².